The van der Waals surface area contributed by atoms with E-state index in [0.29, 0.717) is 12.8 Å². The fraction of sp³-hybridized carbons (Fsp3) is 0.400. The van der Waals surface area contributed by atoms with E-state index in [4.69, 9.17) is 0 Å². The average Bonchev–Trinajstić information content (AvgIpc) is 2.18. The molecule has 0 aliphatic rings. The van der Waals surface area contributed by atoms with Crippen molar-refractivity contribution in [1.82, 2.24) is 0 Å². The quantitative estimate of drug-likeness (QED) is 0.559. The molecule has 3 nitrogen and oxygen atoms in total. The molecule has 0 saturated heterocycles. The van der Waals surface area contributed by atoms with Crippen molar-refractivity contribution in [1.29, 1.82) is 0 Å². The number of aryl methyl sites for hydroxylation is 1. The normalized spacial score (nSPS) is 10.6. The van der Waals surface area contributed by atoms with Crippen LogP contribution in [0.3, 0.4) is 0 Å². The monoisotopic (exact) mass is 215 g/mol. The standard InChI is InChI=1S/C10H11F2NO2/c11-10(12)3-1-2-8-4-6-9(7-5-8)13(14)15/h4-7,10H,1-3H2. The molecule has 0 N–H and O–H groups in total. The number of nitro benzene ring substituents is 1. The summed E-state index contributed by atoms with van der Waals surface area (Å²) in [6.07, 6.45) is -1.47. The van der Waals surface area contributed by atoms with Gasteiger partial charge in [-0.05, 0) is 18.4 Å². The molecule has 1 aromatic carbocycles. The number of rotatable bonds is 5. The molecule has 0 aliphatic heterocycles. The number of benzene rings is 1. The number of nitro groups is 1. The molecule has 0 saturated carbocycles. The van der Waals surface area contributed by atoms with E-state index in [-0.39, 0.29) is 12.1 Å². The van der Waals surface area contributed by atoms with E-state index in [1.807, 2.05) is 0 Å². The number of alkyl halides is 2. The molecule has 0 amide bonds. The zero-order valence-corrected chi connectivity index (χ0v) is 8.03. The molecule has 0 fully saturated rings. The van der Waals surface area contributed by atoms with E-state index in [0.717, 1.165) is 5.56 Å². The van der Waals surface area contributed by atoms with Gasteiger partial charge in [-0.2, -0.15) is 0 Å². The van der Waals surface area contributed by atoms with Crippen molar-refractivity contribution in [3.8, 4) is 0 Å². The van der Waals surface area contributed by atoms with E-state index in [2.05, 4.69) is 0 Å². The van der Waals surface area contributed by atoms with Gasteiger partial charge in [0.2, 0.25) is 6.43 Å². The molecule has 5 heteroatoms. The second kappa shape index (κ2) is 5.38. The molecular formula is C10H11F2NO2. The second-order valence-electron chi connectivity index (χ2n) is 3.21. The average molecular weight is 215 g/mol. The highest BCUT2D eigenvalue weighted by Crippen LogP contribution is 2.14. The van der Waals surface area contributed by atoms with Crippen molar-refractivity contribution in [3.63, 3.8) is 0 Å². The summed E-state index contributed by atoms with van der Waals surface area (Å²) in [7, 11) is 0. The first kappa shape index (κ1) is 11.6. The third kappa shape index (κ3) is 4.01. The lowest BCUT2D eigenvalue weighted by Crippen LogP contribution is -1.93. The van der Waals surface area contributed by atoms with Crippen molar-refractivity contribution in [3.05, 3.63) is 39.9 Å². The number of hydrogen-bond acceptors (Lipinski definition) is 2. The molecule has 0 unspecified atom stereocenters. The minimum Gasteiger partial charge on any atom is -0.258 e. The second-order valence-corrected chi connectivity index (χ2v) is 3.21. The molecule has 0 aromatic heterocycles. The number of nitrogens with zero attached hydrogens (tertiary/aromatic N) is 1. The Morgan fingerprint density at radius 2 is 1.87 bits per heavy atom. The highest BCUT2D eigenvalue weighted by Gasteiger charge is 2.05. The lowest BCUT2D eigenvalue weighted by molar-refractivity contribution is -0.384. The summed E-state index contributed by atoms with van der Waals surface area (Å²) >= 11 is 0. The number of non-ortho nitro benzene ring substituents is 1. The van der Waals surface area contributed by atoms with Crippen molar-refractivity contribution in [2.75, 3.05) is 0 Å². The van der Waals surface area contributed by atoms with Gasteiger partial charge in [0.15, 0.2) is 0 Å². The largest absolute Gasteiger partial charge is 0.269 e. The highest BCUT2D eigenvalue weighted by atomic mass is 19.3. The van der Waals surface area contributed by atoms with Crippen LogP contribution in [0.15, 0.2) is 24.3 Å². The van der Waals surface area contributed by atoms with Gasteiger partial charge in [0, 0.05) is 18.6 Å². The smallest absolute Gasteiger partial charge is 0.258 e. The first-order valence-electron chi connectivity index (χ1n) is 4.61. The lowest BCUT2D eigenvalue weighted by atomic mass is 10.1. The van der Waals surface area contributed by atoms with Crippen molar-refractivity contribution >= 4 is 5.69 Å². The Morgan fingerprint density at radius 1 is 1.27 bits per heavy atom. The van der Waals surface area contributed by atoms with Crippen LogP contribution >= 0.6 is 0 Å². The maximum Gasteiger partial charge on any atom is 0.269 e. The topological polar surface area (TPSA) is 43.1 Å². The predicted molar refractivity (Wildman–Crippen MR) is 52.0 cm³/mol. The maximum atomic E-state index is 11.8. The van der Waals surface area contributed by atoms with Crippen LogP contribution in [0.5, 0.6) is 0 Å². The third-order valence-electron chi connectivity index (χ3n) is 2.03. The fourth-order valence-corrected chi connectivity index (χ4v) is 1.24. The fourth-order valence-electron chi connectivity index (χ4n) is 1.24. The first-order valence-corrected chi connectivity index (χ1v) is 4.61. The SMILES string of the molecule is O=[N+]([O-])c1ccc(CCCC(F)F)cc1. The van der Waals surface area contributed by atoms with Gasteiger partial charge in [0.05, 0.1) is 4.92 Å². The summed E-state index contributed by atoms with van der Waals surface area (Å²) in [5.41, 5.74) is 0.869. The van der Waals surface area contributed by atoms with Crippen LogP contribution in [0.25, 0.3) is 0 Å². The van der Waals surface area contributed by atoms with Gasteiger partial charge in [0.1, 0.15) is 0 Å². The lowest BCUT2D eigenvalue weighted by Gasteiger charge is -2.00. The molecule has 0 heterocycles. The summed E-state index contributed by atoms with van der Waals surface area (Å²) < 4.78 is 23.6. The summed E-state index contributed by atoms with van der Waals surface area (Å²) in [5.74, 6) is 0. The summed E-state index contributed by atoms with van der Waals surface area (Å²) in [6, 6.07) is 5.97. The minimum absolute atomic E-state index is 0.0209. The Bertz CT molecular complexity index is 325. The van der Waals surface area contributed by atoms with E-state index in [1.165, 1.54) is 12.1 Å². The minimum atomic E-state index is -2.27. The molecule has 0 radical (unpaired) electrons. The zero-order valence-electron chi connectivity index (χ0n) is 8.03. The Labute approximate surface area is 85.9 Å². The van der Waals surface area contributed by atoms with Crippen LogP contribution in [-0.2, 0) is 6.42 Å². The van der Waals surface area contributed by atoms with Crippen LogP contribution in [0, 0.1) is 10.1 Å². The van der Waals surface area contributed by atoms with E-state index in [9.17, 15) is 18.9 Å². The van der Waals surface area contributed by atoms with Gasteiger partial charge < -0.3 is 0 Å². The van der Waals surface area contributed by atoms with E-state index in [1.54, 1.807) is 12.1 Å². The molecule has 82 valence electrons. The van der Waals surface area contributed by atoms with Crippen LogP contribution in [0.1, 0.15) is 18.4 Å². The Hall–Kier alpha value is -1.52. The van der Waals surface area contributed by atoms with Crippen LogP contribution < -0.4 is 0 Å². The van der Waals surface area contributed by atoms with Gasteiger partial charge >= 0.3 is 0 Å². The number of halogens is 2. The highest BCUT2D eigenvalue weighted by molar-refractivity contribution is 5.32. The van der Waals surface area contributed by atoms with Crippen LogP contribution in [0.4, 0.5) is 14.5 Å². The van der Waals surface area contributed by atoms with Crippen molar-refractivity contribution < 1.29 is 13.7 Å². The summed E-state index contributed by atoms with van der Waals surface area (Å²) in [4.78, 5) is 9.84. The van der Waals surface area contributed by atoms with E-state index >= 15 is 0 Å². The molecule has 0 aliphatic carbocycles. The van der Waals surface area contributed by atoms with Crippen molar-refractivity contribution in [2.45, 2.75) is 25.7 Å². The number of hydrogen-bond donors (Lipinski definition) is 0. The predicted octanol–water partition coefficient (Wildman–Crippen LogP) is 3.18. The van der Waals surface area contributed by atoms with Gasteiger partial charge in [-0.15, -0.1) is 0 Å². The Morgan fingerprint density at radius 3 is 2.33 bits per heavy atom. The summed E-state index contributed by atoms with van der Waals surface area (Å²) in [5, 5.41) is 10.3. The van der Waals surface area contributed by atoms with Crippen LogP contribution in [0.2, 0.25) is 0 Å². The van der Waals surface area contributed by atoms with Gasteiger partial charge in [-0.1, -0.05) is 12.1 Å². The molecule has 0 atom stereocenters. The van der Waals surface area contributed by atoms with Gasteiger partial charge in [0.25, 0.3) is 5.69 Å². The molecule has 0 spiro atoms. The van der Waals surface area contributed by atoms with Crippen molar-refractivity contribution in [2.24, 2.45) is 0 Å². The molecule has 15 heavy (non-hydrogen) atoms. The third-order valence-corrected chi connectivity index (χ3v) is 2.03. The molecule has 1 aromatic rings. The maximum absolute atomic E-state index is 11.8. The molecule has 1 rings (SSSR count). The summed E-state index contributed by atoms with van der Waals surface area (Å²) in [6.45, 7) is 0. The first-order chi connectivity index (χ1) is 7.09. The van der Waals surface area contributed by atoms with Crippen LogP contribution in [-0.4, -0.2) is 11.3 Å². The molecular weight excluding hydrogens is 204 g/mol. The Kier molecular flexibility index (Phi) is 4.15. The zero-order chi connectivity index (χ0) is 11.3. The van der Waals surface area contributed by atoms with E-state index < -0.39 is 11.3 Å². The Balaban J connectivity index is 2.46. The van der Waals surface area contributed by atoms with Gasteiger partial charge in [-0.25, -0.2) is 8.78 Å². The molecule has 0 bridgehead atoms. The van der Waals surface area contributed by atoms with Gasteiger partial charge in [-0.3, -0.25) is 10.1 Å².